The molecule has 1 saturated carbocycles. The predicted octanol–water partition coefficient (Wildman–Crippen LogP) is 6.19. The molecule has 2 aromatic heterocycles. The number of anilines is 1. The molecule has 19 heteroatoms. The molecule has 4 heterocycles. The van der Waals surface area contributed by atoms with Crippen molar-refractivity contribution in [3.63, 3.8) is 0 Å². The number of carbonyl (C=O) groups excluding carboxylic acids is 3. The number of nitrogens with zero attached hydrogens (tertiary/aromatic N) is 4. The number of allylic oxidation sites excluding steroid dienone is 1. The molecule has 2 aliphatic heterocycles. The molecule has 3 aliphatic rings. The highest BCUT2D eigenvalue weighted by atomic mass is 32.2. The first-order chi connectivity index (χ1) is 30.1. The Morgan fingerprint density at radius 3 is 2.52 bits per heavy atom. The van der Waals surface area contributed by atoms with Crippen LogP contribution in [0.1, 0.15) is 92.9 Å². The maximum absolute atomic E-state index is 14.9. The minimum atomic E-state index is -3.67. The summed E-state index contributed by atoms with van der Waals surface area (Å²) in [6.45, 7) is 11.1. The number of hydrogen-bond donors (Lipinski definition) is 4. The van der Waals surface area contributed by atoms with E-state index in [2.05, 4.69) is 16.0 Å². The third-order valence-electron chi connectivity index (χ3n) is 12.1. The fourth-order valence-corrected chi connectivity index (χ4v) is 10.2. The summed E-state index contributed by atoms with van der Waals surface area (Å²) in [5, 5.41) is 21.7. The van der Waals surface area contributed by atoms with Crippen LogP contribution >= 0.6 is 11.3 Å². The quantitative estimate of drug-likeness (QED) is 0.141. The summed E-state index contributed by atoms with van der Waals surface area (Å²) in [5.41, 5.74) is -0.460. The van der Waals surface area contributed by atoms with Crippen LogP contribution < -0.4 is 25.4 Å². The van der Waals surface area contributed by atoms with E-state index in [0.717, 1.165) is 15.9 Å². The average molecular weight is 926 g/mol. The lowest BCUT2D eigenvalue weighted by molar-refractivity contribution is -0.145. The Bertz CT molecular complexity index is 2350. The zero-order valence-corrected chi connectivity index (χ0v) is 39.8. The van der Waals surface area contributed by atoms with Gasteiger partial charge in [0.15, 0.2) is 5.13 Å². The van der Waals surface area contributed by atoms with Gasteiger partial charge in [-0.25, -0.2) is 32.3 Å². The standard InChI is InChI=1S/C45H63N7O10S2/c1-26(2)46-42-48-35(25-63-42)34-22-37(31-18-17-29(60-9)20-33(31)47-34)61-30-21-36-39(53)50-45(41(55)56)23-28(45)15-13-11-10-12-14-16-32(40(54)52(36)24-30)49-43(57)62-38(44(4,5)6)19-27(3)64(58,59)51(7)8/h13,15,17-18,20,22,25-28,30,32,36,38H,10-12,14,16,19,21,23-24H2,1-9H3,(H,46,48)(H,49,57)(H,50,53)(H,55,56)/b15-13-/t27?,28?,30-,32+,36+,38-,45-/m1/s1. The largest absolute Gasteiger partial charge is 0.497 e. The van der Waals surface area contributed by atoms with Crippen molar-refractivity contribution in [2.45, 2.75) is 134 Å². The van der Waals surface area contributed by atoms with Crippen LogP contribution in [0.2, 0.25) is 0 Å². The molecule has 64 heavy (non-hydrogen) atoms. The smallest absolute Gasteiger partial charge is 0.408 e. The second kappa shape index (κ2) is 19.6. The van der Waals surface area contributed by atoms with Gasteiger partial charge in [-0.1, -0.05) is 45.8 Å². The van der Waals surface area contributed by atoms with Crippen molar-refractivity contribution in [3.05, 3.63) is 41.8 Å². The first-order valence-corrected chi connectivity index (χ1v) is 24.3. The van der Waals surface area contributed by atoms with Crippen LogP contribution in [0.25, 0.3) is 22.3 Å². The zero-order valence-electron chi connectivity index (χ0n) is 38.2. The number of benzene rings is 1. The van der Waals surface area contributed by atoms with E-state index in [-0.39, 0.29) is 38.3 Å². The van der Waals surface area contributed by atoms with Gasteiger partial charge in [0.2, 0.25) is 21.8 Å². The molecule has 1 aromatic carbocycles. The van der Waals surface area contributed by atoms with Gasteiger partial charge in [0.1, 0.15) is 47.0 Å². The highest BCUT2D eigenvalue weighted by molar-refractivity contribution is 7.89. The Kier molecular flexibility index (Phi) is 14.8. The number of aromatic nitrogens is 2. The monoisotopic (exact) mass is 925 g/mol. The third-order valence-corrected chi connectivity index (χ3v) is 15.1. The average Bonchev–Trinajstić information content (AvgIpc) is 3.48. The fraction of sp³-hybridized carbons (Fsp3) is 0.600. The highest BCUT2D eigenvalue weighted by Crippen LogP contribution is 2.46. The van der Waals surface area contributed by atoms with E-state index < -0.39 is 80.3 Å². The number of amides is 3. The van der Waals surface area contributed by atoms with Crippen molar-refractivity contribution in [3.8, 4) is 22.9 Å². The molecule has 3 aromatic rings. The van der Waals surface area contributed by atoms with E-state index in [9.17, 15) is 32.7 Å². The number of hydrogen-bond acceptors (Lipinski definition) is 13. The number of aliphatic carboxylic acids is 1. The van der Waals surface area contributed by atoms with Gasteiger partial charge in [0.25, 0.3) is 0 Å². The number of ether oxygens (including phenoxy) is 3. The van der Waals surface area contributed by atoms with Crippen molar-refractivity contribution >= 4 is 61.3 Å². The van der Waals surface area contributed by atoms with Crippen LogP contribution in [0.15, 0.2) is 41.8 Å². The maximum Gasteiger partial charge on any atom is 0.408 e. The van der Waals surface area contributed by atoms with Crippen molar-refractivity contribution in [2.24, 2.45) is 11.3 Å². The van der Waals surface area contributed by atoms with E-state index in [0.29, 0.717) is 53.1 Å². The van der Waals surface area contributed by atoms with Crippen LogP contribution in [0.5, 0.6) is 11.5 Å². The first-order valence-electron chi connectivity index (χ1n) is 21.9. The van der Waals surface area contributed by atoms with Crippen LogP contribution in [0, 0.1) is 11.3 Å². The van der Waals surface area contributed by atoms with E-state index in [1.807, 2.05) is 58.2 Å². The molecule has 0 spiro atoms. The number of rotatable bonds is 13. The molecular weight excluding hydrogens is 863 g/mol. The number of alkyl carbamates (subject to hydrolysis) is 1. The number of nitrogens with one attached hydrogen (secondary N) is 3. The molecule has 4 N–H and O–H groups in total. The molecule has 0 bridgehead atoms. The topological polar surface area (TPSA) is 219 Å². The SMILES string of the molecule is COc1ccc2c(O[C@@H]3C[C@H]4C(=O)N[C@]5(C(=O)O)CC5/C=C\CCCCC[C@H](NC(=O)O[C@H](CC(C)S(=O)(=O)N(C)C)C(C)(C)C)C(=O)N4C3)cc(-c3csc(NC(C)C)n3)nc2c1. The van der Waals surface area contributed by atoms with Gasteiger partial charge in [-0.15, -0.1) is 11.3 Å². The second-order valence-corrected chi connectivity index (χ2v) is 22.1. The van der Waals surface area contributed by atoms with Gasteiger partial charge in [-0.3, -0.25) is 9.59 Å². The Balaban J connectivity index is 1.32. The van der Waals surface area contributed by atoms with Gasteiger partial charge in [0.05, 0.1) is 30.1 Å². The lowest BCUT2D eigenvalue weighted by Crippen LogP contribution is -2.56. The summed E-state index contributed by atoms with van der Waals surface area (Å²) in [5.74, 6) is -1.75. The first kappa shape index (κ1) is 48.4. The van der Waals surface area contributed by atoms with Crippen LogP contribution in [-0.4, -0.2) is 125 Å². The van der Waals surface area contributed by atoms with Crippen molar-refractivity contribution in [1.82, 2.24) is 29.8 Å². The van der Waals surface area contributed by atoms with Gasteiger partial charge in [-0.2, -0.15) is 0 Å². The summed E-state index contributed by atoms with van der Waals surface area (Å²) in [4.78, 5) is 66.8. The number of fused-ring (bicyclic) bond motifs is 3. The van der Waals surface area contributed by atoms with E-state index in [1.54, 1.807) is 32.2 Å². The minimum absolute atomic E-state index is 0.0138. The minimum Gasteiger partial charge on any atom is -0.497 e. The number of carboxylic acid groups (broad SMARTS) is 1. The third kappa shape index (κ3) is 11.1. The predicted molar refractivity (Wildman–Crippen MR) is 245 cm³/mol. The summed E-state index contributed by atoms with van der Waals surface area (Å²) in [6, 6.07) is 5.05. The second-order valence-electron chi connectivity index (χ2n) is 18.7. The molecule has 1 saturated heterocycles. The molecule has 17 nitrogen and oxygen atoms in total. The number of carbonyl (C=O) groups is 4. The van der Waals surface area contributed by atoms with Gasteiger partial charge in [-0.05, 0) is 64.0 Å². The summed E-state index contributed by atoms with van der Waals surface area (Å²) in [6.07, 6.45) is 4.48. The summed E-state index contributed by atoms with van der Waals surface area (Å²) in [7, 11) is 0.794. The van der Waals surface area contributed by atoms with Crippen molar-refractivity contribution in [1.29, 1.82) is 0 Å². The maximum atomic E-state index is 14.9. The number of methoxy groups -OCH3 is 1. The van der Waals surface area contributed by atoms with Crippen molar-refractivity contribution in [2.75, 3.05) is 33.1 Å². The molecule has 3 amide bonds. The Labute approximate surface area is 379 Å². The van der Waals surface area contributed by atoms with E-state index >= 15 is 0 Å². The van der Waals surface area contributed by atoms with Crippen LogP contribution in [0.4, 0.5) is 9.93 Å². The van der Waals surface area contributed by atoms with Gasteiger partial charge < -0.3 is 40.2 Å². The molecule has 1 aliphatic carbocycles. The Morgan fingerprint density at radius 1 is 1.09 bits per heavy atom. The van der Waals surface area contributed by atoms with E-state index in [4.69, 9.17) is 24.2 Å². The van der Waals surface area contributed by atoms with Crippen molar-refractivity contribution < 1.29 is 46.9 Å². The molecule has 2 fully saturated rings. The van der Waals surface area contributed by atoms with Crippen LogP contribution in [-0.2, 0) is 29.1 Å². The molecular formula is C45H63N7O10S2. The number of thiazole rings is 1. The number of sulfonamides is 1. The zero-order chi connectivity index (χ0) is 46.7. The summed E-state index contributed by atoms with van der Waals surface area (Å²) < 4.78 is 45.3. The normalized spacial score (nSPS) is 24.7. The van der Waals surface area contributed by atoms with Gasteiger partial charge >= 0.3 is 12.1 Å². The molecule has 350 valence electrons. The van der Waals surface area contributed by atoms with E-state index in [1.165, 1.54) is 30.3 Å². The summed E-state index contributed by atoms with van der Waals surface area (Å²) >= 11 is 1.44. The Morgan fingerprint density at radius 2 is 1.84 bits per heavy atom. The van der Waals surface area contributed by atoms with Gasteiger partial charge in [0, 0.05) is 61.8 Å². The highest BCUT2D eigenvalue weighted by Gasteiger charge is 2.61. The molecule has 2 unspecified atom stereocenters. The molecule has 6 rings (SSSR count). The molecule has 0 radical (unpaired) electrons. The number of carboxylic acids is 1. The molecule has 7 atom stereocenters. The Hall–Kier alpha value is -5.01. The lowest BCUT2D eigenvalue weighted by atomic mass is 9.86. The fourth-order valence-electron chi connectivity index (χ4n) is 8.23. The number of pyridine rings is 1. The lowest BCUT2D eigenvalue weighted by Gasteiger charge is -2.34. The van der Waals surface area contributed by atoms with Crippen LogP contribution in [0.3, 0.4) is 0 Å².